The van der Waals surface area contributed by atoms with Gasteiger partial charge in [-0.15, -0.1) is 0 Å². The number of allylic oxidation sites excluding steroid dienone is 4. The minimum absolute atomic E-state index is 0. The zero-order chi connectivity index (χ0) is 7.66. The molecule has 0 aromatic heterocycles. The second kappa shape index (κ2) is 16.8. The monoisotopic (exact) mass is 170 g/mol. The lowest BCUT2D eigenvalue weighted by Gasteiger charge is -1.84. The SMILES string of the molecule is C.C.CC/C=C\CC/C=C\CC. The second-order valence-corrected chi connectivity index (χ2v) is 2.34. The molecule has 0 unspecified atom stereocenters. The maximum Gasteiger partial charge on any atom is -0.0316 e. The van der Waals surface area contributed by atoms with Crippen LogP contribution in [0.15, 0.2) is 24.3 Å². The van der Waals surface area contributed by atoms with Gasteiger partial charge in [0, 0.05) is 0 Å². The summed E-state index contributed by atoms with van der Waals surface area (Å²) in [4.78, 5) is 0. The highest BCUT2D eigenvalue weighted by Crippen LogP contribution is 1.94. The van der Waals surface area contributed by atoms with E-state index in [-0.39, 0.29) is 14.9 Å². The average molecular weight is 170 g/mol. The molecule has 0 aliphatic heterocycles. The predicted molar refractivity (Wildman–Crippen MR) is 61.6 cm³/mol. The Morgan fingerprint density at radius 2 is 1.00 bits per heavy atom. The Balaban J connectivity index is -0.000000405. The van der Waals surface area contributed by atoms with Crippen molar-refractivity contribution in [2.45, 2.75) is 54.4 Å². The Hall–Kier alpha value is -0.520. The van der Waals surface area contributed by atoms with Crippen molar-refractivity contribution in [2.75, 3.05) is 0 Å². The van der Waals surface area contributed by atoms with Crippen molar-refractivity contribution >= 4 is 0 Å². The Kier molecular flexibility index (Phi) is 24.6. The van der Waals surface area contributed by atoms with E-state index in [0.717, 1.165) is 12.8 Å². The summed E-state index contributed by atoms with van der Waals surface area (Å²) >= 11 is 0. The Morgan fingerprint density at radius 3 is 1.25 bits per heavy atom. The number of rotatable bonds is 5. The summed E-state index contributed by atoms with van der Waals surface area (Å²) in [7, 11) is 0. The van der Waals surface area contributed by atoms with E-state index >= 15 is 0 Å². The van der Waals surface area contributed by atoms with E-state index < -0.39 is 0 Å². The zero-order valence-corrected chi connectivity index (χ0v) is 7.14. The van der Waals surface area contributed by atoms with Crippen LogP contribution in [0.2, 0.25) is 0 Å². The van der Waals surface area contributed by atoms with E-state index in [1.807, 2.05) is 0 Å². The molecule has 0 rings (SSSR count). The first kappa shape index (κ1) is 17.5. The summed E-state index contributed by atoms with van der Waals surface area (Å²) in [6, 6.07) is 0. The maximum absolute atomic E-state index is 2.25. The van der Waals surface area contributed by atoms with Crippen LogP contribution in [0.5, 0.6) is 0 Å². The molecule has 0 aromatic rings. The summed E-state index contributed by atoms with van der Waals surface area (Å²) in [5, 5.41) is 0. The quantitative estimate of drug-likeness (QED) is 0.403. The molecule has 0 heteroatoms. The second-order valence-electron chi connectivity index (χ2n) is 2.34. The van der Waals surface area contributed by atoms with E-state index in [1.165, 1.54) is 12.8 Å². The molecule has 0 saturated heterocycles. The van der Waals surface area contributed by atoms with Gasteiger partial charge in [-0.05, 0) is 25.7 Å². The van der Waals surface area contributed by atoms with Gasteiger partial charge >= 0.3 is 0 Å². The molecule has 0 aliphatic carbocycles. The number of hydrogen-bond donors (Lipinski definition) is 0. The predicted octanol–water partition coefficient (Wildman–Crippen LogP) is 4.97. The molecule has 0 heterocycles. The van der Waals surface area contributed by atoms with E-state index in [0.29, 0.717) is 0 Å². The molecular formula is C12H26. The first-order valence-electron chi connectivity index (χ1n) is 4.21. The van der Waals surface area contributed by atoms with E-state index in [2.05, 4.69) is 38.2 Å². The van der Waals surface area contributed by atoms with Gasteiger partial charge in [-0.25, -0.2) is 0 Å². The third kappa shape index (κ3) is 16.2. The molecule has 12 heavy (non-hydrogen) atoms. The lowest BCUT2D eigenvalue weighted by molar-refractivity contribution is 1.02. The molecule has 0 N–H and O–H groups in total. The van der Waals surface area contributed by atoms with Crippen molar-refractivity contribution in [2.24, 2.45) is 0 Å². The lowest BCUT2D eigenvalue weighted by Crippen LogP contribution is -1.64. The fourth-order valence-corrected chi connectivity index (χ4v) is 0.761. The molecule has 74 valence electrons. The molecular weight excluding hydrogens is 144 g/mol. The van der Waals surface area contributed by atoms with Crippen molar-refractivity contribution in [3.8, 4) is 0 Å². The Morgan fingerprint density at radius 1 is 0.667 bits per heavy atom. The van der Waals surface area contributed by atoms with Gasteiger partial charge in [-0.1, -0.05) is 53.0 Å². The van der Waals surface area contributed by atoms with Crippen LogP contribution in [0.1, 0.15) is 54.4 Å². The molecule has 0 saturated carbocycles. The van der Waals surface area contributed by atoms with Gasteiger partial charge in [-0.3, -0.25) is 0 Å². The zero-order valence-electron chi connectivity index (χ0n) is 7.14. The van der Waals surface area contributed by atoms with Crippen LogP contribution in [0.4, 0.5) is 0 Å². The minimum Gasteiger partial charge on any atom is -0.0888 e. The largest absolute Gasteiger partial charge is 0.0888 e. The molecule has 0 radical (unpaired) electrons. The van der Waals surface area contributed by atoms with Crippen molar-refractivity contribution in [3.05, 3.63) is 24.3 Å². The summed E-state index contributed by atoms with van der Waals surface area (Å²) in [6.45, 7) is 4.33. The molecule has 0 bridgehead atoms. The molecule has 0 atom stereocenters. The molecule has 0 aliphatic rings. The highest BCUT2D eigenvalue weighted by Gasteiger charge is 1.74. The van der Waals surface area contributed by atoms with Crippen molar-refractivity contribution in [3.63, 3.8) is 0 Å². The third-order valence-corrected chi connectivity index (χ3v) is 1.30. The Bertz CT molecular complexity index is 84.6. The van der Waals surface area contributed by atoms with Crippen LogP contribution in [0.25, 0.3) is 0 Å². The maximum atomic E-state index is 2.25. The number of hydrogen-bond acceptors (Lipinski definition) is 0. The van der Waals surface area contributed by atoms with Gasteiger partial charge in [0.05, 0.1) is 0 Å². The van der Waals surface area contributed by atoms with Crippen LogP contribution < -0.4 is 0 Å². The molecule has 0 spiro atoms. The van der Waals surface area contributed by atoms with E-state index in [9.17, 15) is 0 Å². The van der Waals surface area contributed by atoms with Gasteiger partial charge in [0.25, 0.3) is 0 Å². The standard InChI is InChI=1S/C10H18.2CH4/c1-3-5-7-9-10-8-6-4-2;;/h5-8H,3-4,9-10H2,1-2H3;2*1H4/b7-5-,8-6-;;. The summed E-state index contributed by atoms with van der Waals surface area (Å²) in [5.41, 5.74) is 0. The van der Waals surface area contributed by atoms with Gasteiger partial charge in [0.15, 0.2) is 0 Å². The molecule has 0 amide bonds. The third-order valence-electron chi connectivity index (χ3n) is 1.30. The molecule has 0 nitrogen and oxygen atoms in total. The first-order chi connectivity index (χ1) is 4.91. The van der Waals surface area contributed by atoms with Crippen molar-refractivity contribution < 1.29 is 0 Å². The fourth-order valence-electron chi connectivity index (χ4n) is 0.761. The fraction of sp³-hybridized carbons (Fsp3) is 0.667. The highest BCUT2D eigenvalue weighted by molar-refractivity contribution is 4.86. The summed E-state index contributed by atoms with van der Waals surface area (Å²) in [6.07, 6.45) is 13.7. The normalized spacial score (nSPS) is 9.83. The van der Waals surface area contributed by atoms with Crippen molar-refractivity contribution in [1.29, 1.82) is 0 Å². The van der Waals surface area contributed by atoms with Gasteiger partial charge in [0.1, 0.15) is 0 Å². The average Bonchev–Trinajstić information content (AvgIpc) is 1.97. The van der Waals surface area contributed by atoms with Gasteiger partial charge in [-0.2, -0.15) is 0 Å². The summed E-state index contributed by atoms with van der Waals surface area (Å²) < 4.78 is 0. The van der Waals surface area contributed by atoms with Crippen LogP contribution in [0.3, 0.4) is 0 Å². The Labute approximate surface area is 79.4 Å². The first-order valence-corrected chi connectivity index (χ1v) is 4.21. The number of unbranched alkanes of at least 4 members (excludes halogenated alkanes) is 1. The van der Waals surface area contributed by atoms with Crippen LogP contribution in [-0.4, -0.2) is 0 Å². The van der Waals surface area contributed by atoms with Gasteiger partial charge in [0.2, 0.25) is 0 Å². The molecule has 0 fully saturated rings. The summed E-state index contributed by atoms with van der Waals surface area (Å²) in [5.74, 6) is 0. The van der Waals surface area contributed by atoms with E-state index in [4.69, 9.17) is 0 Å². The smallest absolute Gasteiger partial charge is 0.0316 e. The van der Waals surface area contributed by atoms with Crippen molar-refractivity contribution in [1.82, 2.24) is 0 Å². The highest BCUT2D eigenvalue weighted by atomic mass is 13.8. The van der Waals surface area contributed by atoms with Gasteiger partial charge < -0.3 is 0 Å². The van der Waals surface area contributed by atoms with E-state index in [1.54, 1.807) is 0 Å². The topological polar surface area (TPSA) is 0 Å². The lowest BCUT2D eigenvalue weighted by atomic mass is 10.2. The van der Waals surface area contributed by atoms with Crippen LogP contribution in [-0.2, 0) is 0 Å². The molecule has 0 aromatic carbocycles. The van der Waals surface area contributed by atoms with Crippen LogP contribution >= 0.6 is 0 Å². The minimum atomic E-state index is 0. The van der Waals surface area contributed by atoms with Crippen LogP contribution in [0, 0.1) is 0 Å².